The van der Waals surface area contributed by atoms with Gasteiger partial charge in [0.1, 0.15) is 5.60 Å². The van der Waals surface area contributed by atoms with Crippen molar-refractivity contribution in [3.05, 3.63) is 77.6 Å². The number of nitrogens with zero attached hydrogens (tertiary/aromatic N) is 3. The smallest absolute Gasteiger partial charge is 0.278 e. The van der Waals surface area contributed by atoms with E-state index in [0.29, 0.717) is 31.1 Å². The highest BCUT2D eigenvalue weighted by atomic mass is 16.5. The van der Waals surface area contributed by atoms with Crippen LogP contribution < -0.4 is 4.74 Å². The molecule has 1 saturated heterocycles. The molecule has 0 saturated carbocycles. The lowest BCUT2D eigenvalue weighted by molar-refractivity contribution is -0.104. The molecule has 1 aliphatic carbocycles. The number of carbonyl (C=O) groups excluding carboxylic acids is 1. The van der Waals surface area contributed by atoms with Gasteiger partial charge in [-0.3, -0.25) is 4.79 Å². The molecule has 1 amide bonds. The number of fused-ring (bicyclic) bond motifs is 2. The number of methoxy groups -OCH3 is 1. The molecule has 1 aliphatic heterocycles. The van der Waals surface area contributed by atoms with Gasteiger partial charge in [0, 0.05) is 6.54 Å². The zero-order chi connectivity index (χ0) is 19.8. The van der Waals surface area contributed by atoms with E-state index in [1.54, 1.807) is 18.0 Å². The van der Waals surface area contributed by atoms with Crippen LogP contribution in [-0.4, -0.2) is 47.4 Å². The summed E-state index contributed by atoms with van der Waals surface area (Å²) in [6.07, 6.45) is 3.62. The first-order valence-corrected chi connectivity index (χ1v) is 9.91. The van der Waals surface area contributed by atoms with Crippen LogP contribution in [0.25, 0.3) is 5.69 Å². The Kier molecular flexibility index (Phi) is 4.36. The number of aromatic nitrogens is 2. The van der Waals surface area contributed by atoms with E-state index in [4.69, 9.17) is 9.47 Å². The van der Waals surface area contributed by atoms with E-state index in [0.717, 1.165) is 18.5 Å². The molecule has 1 atom stereocenters. The summed E-state index contributed by atoms with van der Waals surface area (Å²) < 4.78 is 13.4. The Balaban J connectivity index is 1.45. The topological polar surface area (TPSA) is 56.6 Å². The third-order valence-electron chi connectivity index (χ3n) is 5.90. The van der Waals surface area contributed by atoms with Crippen molar-refractivity contribution in [2.45, 2.75) is 18.4 Å². The van der Waals surface area contributed by atoms with E-state index in [1.165, 1.54) is 11.1 Å². The third-order valence-corrected chi connectivity index (χ3v) is 5.90. The van der Waals surface area contributed by atoms with Gasteiger partial charge >= 0.3 is 0 Å². The minimum Gasteiger partial charge on any atom is -0.493 e. The number of hydrogen-bond acceptors (Lipinski definition) is 4. The molecule has 0 radical (unpaired) electrons. The monoisotopic (exact) mass is 389 g/mol. The fourth-order valence-corrected chi connectivity index (χ4v) is 4.44. The summed E-state index contributed by atoms with van der Waals surface area (Å²) in [5.74, 6) is 0.356. The molecule has 29 heavy (non-hydrogen) atoms. The lowest BCUT2D eigenvalue weighted by Crippen LogP contribution is -2.51. The molecule has 2 heterocycles. The van der Waals surface area contributed by atoms with E-state index in [2.05, 4.69) is 23.3 Å². The number of ether oxygens (including phenoxy) is 2. The van der Waals surface area contributed by atoms with Crippen molar-refractivity contribution in [3.8, 4) is 11.4 Å². The summed E-state index contributed by atoms with van der Waals surface area (Å²) in [4.78, 5) is 15.2. The first kappa shape index (κ1) is 17.9. The van der Waals surface area contributed by atoms with Crippen molar-refractivity contribution < 1.29 is 14.3 Å². The standard InChI is InChI=1S/C23H23N3O3/c1-28-20-15-26(18-8-3-2-4-9-18)24-21(20)22(27)25-13-14-29-23(16-25)12-11-17-7-5-6-10-19(17)23/h2-10,15H,11-14,16H2,1H3. The van der Waals surface area contributed by atoms with Crippen molar-refractivity contribution in [3.63, 3.8) is 0 Å². The van der Waals surface area contributed by atoms with E-state index < -0.39 is 5.60 Å². The van der Waals surface area contributed by atoms with E-state index in [9.17, 15) is 4.79 Å². The van der Waals surface area contributed by atoms with E-state index >= 15 is 0 Å². The number of morpholine rings is 1. The van der Waals surface area contributed by atoms with Crippen LogP contribution >= 0.6 is 0 Å². The number of benzene rings is 2. The predicted molar refractivity (Wildman–Crippen MR) is 108 cm³/mol. The lowest BCUT2D eigenvalue weighted by Gasteiger charge is -2.41. The van der Waals surface area contributed by atoms with Crippen LogP contribution in [0.1, 0.15) is 28.0 Å². The molecule has 6 heteroatoms. The summed E-state index contributed by atoms with van der Waals surface area (Å²) in [5.41, 5.74) is 3.32. The molecule has 2 aliphatic rings. The van der Waals surface area contributed by atoms with Gasteiger partial charge < -0.3 is 14.4 Å². The maximum absolute atomic E-state index is 13.4. The molecule has 6 nitrogen and oxygen atoms in total. The normalized spacial score (nSPS) is 20.7. The molecule has 1 aromatic heterocycles. The van der Waals surface area contributed by atoms with Gasteiger partial charge in [0.25, 0.3) is 5.91 Å². The Bertz CT molecular complexity index is 1040. The van der Waals surface area contributed by atoms with Gasteiger partial charge in [-0.1, -0.05) is 42.5 Å². The summed E-state index contributed by atoms with van der Waals surface area (Å²) in [6, 6.07) is 18.1. The molecule has 1 fully saturated rings. The second-order valence-corrected chi connectivity index (χ2v) is 7.55. The maximum atomic E-state index is 13.4. The van der Waals surface area contributed by atoms with Gasteiger partial charge in [-0.05, 0) is 36.1 Å². The number of rotatable bonds is 3. The molecule has 0 bridgehead atoms. The van der Waals surface area contributed by atoms with Crippen molar-refractivity contribution in [2.24, 2.45) is 0 Å². The third kappa shape index (κ3) is 3.00. The first-order valence-electron chi connectivity index (χ1n) is 9.91. The fraction of sp³-hybridized carbons (Fsp3) is 0.304. The SMILES string of the molecule is COc1cn(-c2ccccc2)nc1C(=O)N1CCOC2(CCc3ccccc32)C1. The number of carbonyl (C=O) groups is 1. The molecule has 1 spiro atoms. The molecule has 0 N–H and O–H groups in total. The number of amides is 1. The molecule has 2 aromatic carbocycles. The van der Waals surface area contributed by atoms with Crippen LogP contribution in [0.5, 0.6) is 5.75 Å². The minimum absolute atomic E-state index is 0.122. The predicted octanol–water partition coefficient (Wildman–Crippen LogP) is 3.20. The average Bonchev–Trinajstić information content (AvgIpc) is 3.37. The lowest BCUT2D eigenvalue weighted by atomic mass is 9.93. The molecule has 1 unspecified atom stereocenters. The number of aryl methyl sites for hydroxylation is 1. The van der Waals surface area contributed by atoms with E-state index in [-0.39, 0.29) is 5.91 Å². The minimum atomic E-state index is -0.417. The Morgan fingerprint density at radius 2 is 1.93 bits per heavy atom. The quantitative estimate of drug-likeness (QED) is 0.690. The molecule has 5 rings (SSSR count). The van der Waals surface area contributed by atoms with Crippen LogP contribution in [0.3, 0.4) is 0 Å². The van der Waals surface area contributed by atoms with Gasteiger partial charge in [0.05, 0.1) is 32.1 Å². The van der Waals surface area contributed by atoms with Crippen LogP contribution in [0.2, 0.25) is 0 Å². The van der Waals surface area contributed by atoms with E-state index in [1.807, 2.05) is 41.3 Å². The Hall–Kier alpha value is -3.12. The molecular weight excluding hydrogens is 366 g/mol. The molecule has 148 valence electrons. The average molecular weight is 389 g/mol. The van der Waals surface area contributed by atoms with Gasteiger partial charge in [0.15, 0.2) is 11.4 Å². The van der Waals surface area contributed by atoms with Crippen LogP contribution in [0.15, 0.2) is 60.8 Å². The maximum Gasteiger partial charge on any atom is 0.278 e. The van der Waals surface area contributed by atoms with Gasteiger partial charge in [0.2, 0.25) is 0 Å². The zero-order valence-corrected chi connectivity index (χ0v) is 16.4. The summed E-state index contributed by atoms with van der Waals surface area (Å²) in [5, 5.41) is 4.55. The van der Waals surface area contributed by atoms with Gasteiger partial charge in [-0.15, -0.1) is 0 Å². The van der Waals surface area contributed by atoms with Gasteiger partial charge in [-0.2, -0.15) is 5.10 Å². The fourth-order valence-electron chi connectivity index (χ4n) is 4.44. The number of hydrogen-bond donors (Lipinski definition) is 0. The van der Waals surface area contributed by atoms with Crippen molar-refractivity contribution in [1.82, 2.24) is 14.7 Å². The molecular formula is C23H23N3O3. The highest BCUT2D eigenvalue weighted by Gasteiger charge is 2.45. The summed E-state index contributed by atoms with van der Waals surface area (Å²) in [7, 11) is 1.57. The van der Waals surface area contributed by atoms with Crippen molar-refractivity contribution in [2.75, 3.05) is 26.8 Å². The van der Waals surface area contributed by atoms with Crippen LogP contribution in [0, 0.1) is 0 Å². The zero-order valence-electron chi connectivity index (χ0n) is 16.4. The Labute approximate surface area is 169 Å². The van der Waals surface area contributed by atoms with Crippen molar-refractivity contribution >= 4 is 5.91 Å². The number of para-hydroxylation sites is 1. The van der Waals surface area contributed by atoms with Crippen LogP contribution in [0.4, 0.5) is 0 Å². The Morgan fingerprint density at radius 3 is 2.76 bits per heavy atom. The summed E-state index contributed by atoms with van der Waals surface area (Å²) >= 11 is 0. The highest BCUT2D eigenvalue weighted by Crippen LogP contribution is 2.42. The second-order valence-electron chi connectivity index (χ2n) is 7.55. The molecule has 3 aromatic rings. The van der Waals surface area contributed by atoms with Gasteiger partial charge in [-0.25, -0.2) is 4.68 Å². The van der Waals surface area contributed by atoms with Crippen LogP contribution in [-0.2, 0) is 16.8 Å². The summed E-state index contributed by atoms with van der Waals surface area (Å²) in [6.45, 7) is 1.59. The van der Waals surface area contributed by atoms with Crippen molar-refractivity contribution in [1.29, 1.82) is 0 Å². The Morgan fingerprint density at radius 1 is 1.14 bits per heavy atom. The highest BCUT2D eigenvalue weighted by molar-refractivity contribution is 5.95. The largest absolute Gasteiger partial charge is 0.493 e. The second kappa shape index (κ2) is 7.04. The first-order chi connectivity index (χ1) is 14.2.